The van der Waals surface area contributed by atoms with Gasteiger partial charge >= 0.3 is 0 Å². The second kappa shape index (κ2) is 6.35. The lowest BCUT2D eigenvalue weighted by atomic mass is 10.1. The van der Waals surface area contributed by atoms with E-state index in [0.29, 0.717) is 23.5 Å². The van der Waals surface area contributed by atoms with Crippen molar-refractivity contribution in [2.24, 2.45) is 0 Å². The van der Waals surface area contributed by atoms with Gasteiger partial charge in [-0.05, 0) is 36.8 Å². The highest BCUT2D eigenvalue weighted by Crippen LogP contribution is 2.23. The van der Waals surface area contributed by atoms with Gasteiger partial charge in [0, 0.05) is 6.54 Å². The Morgan fingerprint density at radius 1 is 1.14 bits per heavy atom. The number of hydrogen-bond donors (Lipinski definition) is 1. The van der Waals surface area contributed by atoms with Gasteiger partial charge < -0.3 is 10.6 Å². The molecule has 2 aromatic carbocycles. The number of carbonyl (C=O) groups excluding carboxylic acids is 1. The Kier molecular flexibility index (Phi) is 4.52. The topological polar surface area (TPSA) is 46.3 Å². The van der Waals surface area contributed by atoms with Crippen molar-refractivity contribution in [3.63, 3.8) is 0 Å². The lowest BCUT2D eigenvalue weighted by Gasteiger charge is -2.22. The number of nitrogen functional groups attached to an aromatic ring is 1. The summed E-state index contributed by atoms with van der Waals surface area (Å²) in [5.41, 5.74) is 7.41. The number of nitrogens with zero attached hydrogens (tertiary/aromatic N) is 1. The van der Waals surface area contributed by atoms with Gasteiger partial charge in [0.25, 0.3) is 0 Å². The van der Waals surface area contributed by atoms with Crippen LogP contribution < -0.4 is 10.6 Å². The highest BCUT2D eigenvalue weighted by atomic mass is 19.2. The predicted octanol–water partition coefficient (Wildman–Crippen LogP) is 3.14. The molecule has 0 bridgehead atoms. The number of hydrogen-bond acceptors (Lipinski definition) is 2. The minimum absolute atomic E-state index is 0.0145. The van der Waals surface area contributed by atoms with Crippen molar-refractivity contribution >= 4 is 17.3 Å². The Labute approximate surface area is 122 Å². The minimum atomic E-state index is -0.956. The van der Waals surface area contributed by atoms with Crippen molar-refractivity contribution in [3.8, 4) is 0 Å². The molecule has 0 saturated carbocycles. The first-order valence-electron chi connectivity index (χ1n) is 6.61. The highest BCUT2D eigenvalue weighted by molar-refractivity contribution is 5.97. The van der Waals surface area contributed by atoms with Gasteiger partial charge in [-0.15, -0.1) is 0 Å². The standard InChI is InChI=1S/C16H16F2N2O/c1-2-20(15-6-4-3-5-14(15)19)16(21)10-11-7-8-12(17)13(18)9-11/h3-9H,2,10,19H2,1H3. The van der Waals surface area contributed by atoms with Crippen LogP contribution >= 0.6 is 0 Å². The number of anilines is 2. The van der Waals surface area contributed by atoms with E-state index >= 15 is 0 Å². The quantitative estimate of drug-likeness (QED) is 0.879. The molecule has 5 heteroatoms. The second-order valence-corrected chi connectivity index (χ2v) is 4.62. The van der Waals surface area contributed by atoms with Gasteiger partial charge in [-0.3, -0.25) is 4.79 Å². The first-order chi connectivity index (χ1) is 10.0. The molecule has 110 valence electrons. The number of benzene rings is 2. The molecule has 1 amide bonds. The maximum absolute atomic E-state index is 13.2. The normalized spacial score (nSPS) is 10.4. The van der Waals surface area contributed by atoms with Gasteiger partial charge in [0.1, 0.15) is 0 Å². The third-order valence-electron chi connectivity index (χ3n) is 3.18. The summed E-state index contributed by atoms with van der Waals surface area (Å²) in [5.74, 6) is -2.10. The molecule has 3 nitrogen and oxygen atoms in total. The zero-order chi connectivity index (χ0) is 15.4. The van der Waals surface area contributed by atoms with Crippen molar-refractivity contribution in [1.82, 2.24) is 0 Å². The zero-order valence-corrected chi connectivity index (χ0v) is 11.6. The van der Waals surface area contributed by atoms with E-state index in [1.54, 1.807) is 24.3 Å². The number of likely N-dealkylation sites (N-methyl/N-ethyl adjacent to an activating group) is 1. The van der Waals surface area contributed by atoms with Crippen LogP contribution in [0, 0.1) is 11.6 Å². The molecule has 0 atom stereocenters. The van der Waals surface area contributed by atoms with E-state index in [4.69, 9.17) is 5.73 Å². The Bertz CT molecular complexity index is 658. The number of rotatable bonds is 4. The van der Waals surface area contributed by atoms with Crippen LogP contribution in [0.4, 0.5) is 20.2 Å². The molecule has 0 aliphatic heterocycles. The summed E-state index contributed by atoms with van der Waals surface area (Å²) < 4.78 is 26.1. The van der Waals surface area contributed by atoms with Crippen LogP contribution in [0.2, 0.25) is 0 Å². The average molecular weight is 290 g/mol. The monoisotopic (exact) mass is 290 g/mol. The van der Waals surface area contributed by atoms with E-state index in [9.17, 15) is 13.6 Å². The molecular weight excluding hydrogens is 274 g/mol. The second-order valence-electron chi connectivity index (χ2n) is 4.62. The summed E-state index contributed by atoms with van der Waals surface area (Å²) in [6.45, 7) is 2.27. The summed E-state index contributed by atoms with van der Waals surface area (Å²) in [7, 11) is 0. The summed E-state index contributed by atoms with van der Waals surface area (Å²) in [4.78, 5) is 13.9. The fourth-order valence-corrected chi connectivity index (χ4v) is 2.13. The van der Waals surface area contributed by atoms with Gasteiger partial charge in [-0.25, -0.2) is 8.78 Å². The summed E-state index contributed by atoms with van der Waals surface area (Å²) in [6, 6.07) is 10.5. The maximum atomic E-state index is 13.2. The minimum Gasteiger partial charge on any atom is -0.397 e. The third kappa shape index (κ3) is 3.37. The van der Waals surface area contributed by atoms with Crippen molar-refractivity contribution in [1.29, 1.82) is 0 Å². The van der Waals surface area contributed by atoms with Crippen LogP contribution in [-0.4, -0.2) is 12.5 Å². The lowest BCUT2D eigenvalue weighted by Crippen LogP contribution is -2.32. The molecule has 2 N–H and O–H groups in total. The van der Waals surface area contributed by atoms with Crippen LogP contribution in [0.1, 0.15) is 12.5 Å². The predicted molar refractivity (Wildman–Crippen MR) is 78.9 cm³/mol. The van der Waals surface area contributed by atoms with Crippen molar-refractivity contribution in [2.75, 3.05) is 17.2 Å². The molecule has 0 aliphatic carbocycles. The molecule has 2 aromatic rings. The fraction of sp³-hybridized carbons (Fsp3) is 0.188. The summed E-state index contributed by atoms with van der Waals surface area (Å²) >= 11 is 0. The molecule has 0 aliphatic rings. The number of amides is 1. The zero-order valence-electron chi connectivity index (χ0n) is 11.6. The van der Waals surface area contributed by atoms with Crippen LogP contribution in [0.25, 0.3) is 0 Å². The van der Waals surface area contributed by atoms with Gasteiger partial charge in [0.2, 0.25) is 5.91 Å². The van der Waals surface area contributed by atoms with Gasteiger partial charge in [0.15, 0.2) is 11.6 Å². The van der Waals surface area contributed by atoms with Crippen LogP contribution in [-0.2, 0) is 11.2 Å². The first kappa shape index (κ1) is 15.0. The first-order valence-corrected chi connectivity index (χ1v) is 6.61. The summed E-state index contributed by atoms with van der Waals surface area (Å²) in [5, 5.41) is 0. The van der Waals surface area contributed by atoms with Gasteiger partial charge in [-0.2, -0.15) is 0 Å². The Balaban J connectivity index is 2.21. The van der Waals surface area contributed by atoms with Crippen LogP contribution in [0.15, 0.2) is 42.5 Å². The van der Waals surface area contributed by atoms with Crippen LogP contribution in [0.3, 0.4) is 0 Å². The number of nitrogens with two attached hydrogens (primary N) is 1. The molecule has 0 heterocycles. The Morgan fingerprint density at radius 2 is 1.86 bits per heavy atom. The molecule has 2 rings (SSSR count). The van der Waals surface area contributed by atoms with E-state index in [0.717, 1.165) is 12.1 Å². The number of para-hydroxylation sites is 2. The molecule has 0 saturated heterocycles. The molecule has 0 fully saturated rings. The fourth-order valence-electron chi connectivity index (χ4n) is 2.13. The summed E-state index contributed by atoms with van der Waals surface area (Å²) in [6.07, 6.45) is -0.0145. The number of halogens is 2. The Hall–Kier alpha value is -2.43. The maximum Gasteiger partial charge on any atom is 0.231 e. The van der Waals surface area contributed by atoms with Crippen molar-refractivity contribution < 1.29 is 13.6 Å². The van der Waals surface area contributed by atoms with E-state index < -0.39 is 11.6 Å². The lowest BCUT2D eigenvalue weighted by molar-refractivity contribution is -0.117. The van der Waals surface area contributed by atoms with Gasteiger partial charge in [0.05, 0.1) is 17.8 Å². The third-order valence-corrected chi connectivity index (χ3v) is 3.18. The van der Waals surface area contributed by atoms with Crippen molar-refractivity contribution in [3.05, 3.63) is 59.7 Å². The smallest absolute Gasteiger partial charge is 0.231 e. The average Bonchev–Trinajstić information content (AvgIpc) is 2.46. The van der Waals surface area contributed by atoms with E-state index in [1.807, 2.05) is 6.92 Å². The van der Waals surface area contributed by atoms with Crippen molar-refractivity contribution in [2.45, 2.75) is 13.3 Å². The SMILES string of the molecule is CCN(C(=O)Cc1ccc(F)c(F)c1)c1ccccc1N. The Morgan fingerprint density at radius 3 is 2.48 bits per heavy atom. The van der Waals surface area contributed by atoms with Gasteiger partial charge in [-0.1, -0.05) is 18.2 Å². The molecule has 0 aromatic heterocycles. The molecular formula is C16H16F2N2O. The van der Waals surface area contributed by atoms with E-state index in [1.165, 1.54) is 11.0 Å². The van der Waals surface area contributed by atoms with E-state index in [2.05, 4.69) is 0 Å². The number of carbonyl (C=O) groups is 1. The molecule has 0 unspecified atom stereocenters. The largest absolute Gasteiger partial charge is 0.397 e. The molecule has 0 spiro atoms. The highest BCUT2D eigenvalue weighted by Gasteiger charge is 2.17. The molecule has 0 radical (unpaired) electrons. The van der Waals surface area contributed by atoms with Crippen LogP contribution in [0.5, 0.6) is 0 Å². The van der Waals surface area contributed by atoms with E-state index in [-0.39, 0.29) is 12.3 Å². The molecule has 21 heavy (non-hydrogen) atoms.